The Bertz CT molecular complexity index is 986. The first-order valence-corrected chi connectivity index (χ1v) is 10.1. The molecule has 2 amide bonds. The van der Waals surface area contributed by atoms with Crippen LogP contribution in [0.25, 0.3) is 0 Å². The Labute approximate surface area is 177 Å². The quantitative estimate of drug-likeness (QED) is 0.510. The van der Waals surface area contributed by atoms with Gasteiger partial charge in [-0.05, 0) is 54.8 Å². The Morgan fingerprint density at radius 3 is 2.33 bits per heavy atom. The van der Waals surface area contributed by atoms with Crippen molar-refractivity contribution in [3.63, 3.8) is 0 Å². The summed E-state index contributed by atoms with van der Waals surface area (Å²) in [5.41, 5.74) is 2.89. The molecule has 5 nitrogen and oxygen atoms in total. The standard InChI is InChI=1S/C25H26N2O3/c1-2-16-30-23-13-6-10-20(17-23)25(29)27-22-12-7-11-21(18-22)26-24(28)15-14-19-8-4-3-5-9-19/h3-13,17-18H,2,14-16H2,1H3,(H,26,28)(H,27,29). The Morgan fingerprint density at radius 1 is 0.833 bits per heavy atom. The molecule has 0 heterocycles. The minimum Gasteiger partial charge on any atom is -0.494 e. The van der Waals surface area contributed by atoms with Crippen molar-refractivity contribution >= 4 is 23.2 Å². The summed E-state index contributed by atoms with van der Waals surface area (Å²) in [7, 11) is 0. The largest absolute Gasteiger partial charge is 0.494 e. The maximum Gasteiger partial charge on any atom is 0.255 e. The highest BCUT2D eigenvalue weighted by Crippen LogP contribution is 2.19. The van der Waals surface area contributed by atoms with Gasteiger partial charge in [-0.15, -0.1) is 0 Å². The molecule has 3 rings (SSSR count). The molecule has 154 valence electrons. The third-order valence-corrected chi connectivity index (χ3v) is 4.46. The SMILES string of the molecule is CCCOc1cccc(C(=O)Nc2cccc(NC(=O)CCc3ccccc3)c2)c1. The van der Waals surface area contributed by atoms with E-state index >= 15 is 0 Å². The highest BCUT2D eigenvalue weighted by molar-refractivity contribution is 6.05. The number of hydrogen-bond donors (Lipinski definition) is 2. The van der Waals surface area contributed by atoms with E-state index in [2.05, 4.69) is 10.6 Å². The zero-order chi connectivity index (χ0) is 21.2. The third kappa shape index (κ3) is 6.48. The summed E-state index contributed by atoms with van der Waals surface area (Å²) in [6.45, 7) is 2.64. The molecule has 30 heavy (non-hydrogen) atoms. The molecule has 0 saturated heterocycles. The Balaban J connectivity index is 1.57. The van der Waals surface area contributed by atoms with Gasteiger partial charge >= 0.3 is 0 Å². The van der Waals surface area contributed by atoms with Crippen LogP contribution in [0.3, 0.4) is 0 Å². The predicted molar refractivity (Wildman–Crippen MR) is 120 cm³/mol. The van der Waals surface area contributed by atoms with E-state index in [-0.39, 0.29) is 11.8 Å². The van der Waals surface area contributed by atoms with Crippen LogP contribution in [0.1, 0.15) is 35.7 Å². The van der Waals surface area contributed by atoms with Gasteiger partial charge in [-0.3, -0.25) is 9.59 Å². The van der Waals surface area contributed by atoms with E-state index in [0.29, 0.717) is 42.1 Å². The highest BCUT2D eigenvalue weighted by Gasteiger charge is 2.09. The molecule has 2 N–H and O–H groups in total. The van der Waals surface area contributed by atoms with E-state index in [1.165, 1.54) is 0 Å². The lowest BCUT2D eigenvalue weighted by molar-refractivity contribution is -0.116. The normalized spacial score (nSPS) is 10.3. The van der Waals surface area contributed by atoms with Crippen LogP contribution in [-0.4, -0.2) is 18.4 Å². The fraction of sp³-hybridized carbons (Fsp3) is 0.200. The maximum absolute atomic E-state index is 12.6. The summed E-state index contributed by atoms with van der Waals surface area (Å²) in [4.78, 5) is 24.8. The van der Waals surface area contributed by atoms with Crippen LogP contribution in [0.5, 0.6) is 5.75 Å². The highest BCUT2D eigenvalue weighted by atomic mass is 16.5. The molecule has 0 saturated carbocycles. The van der Waals surface area contributed by atoms with Crippen molar-refractivity contribution in [1.82, 2.24) is 0 Å². The zero-order valence-corrected chi connectivity index (χ0v) is 17.1. The average Bonchev–Trinajstić information content (AvgIpc) is 2.77. The molecule has 0 aliphatic carbocycles. The summed E-state index contributed by atoms with van der Waals surface area (Å²) in [6.07, 6.45) is 1.98. The second-order valence-corrected chi connectivity index (χ2v) is 6.94. The lowest BCUT2D eigenvalue weighted by Gasteiger charge is -2.10. The fourth-order valence-corrected chi connectivity index (χ4v) is 2.95. The second kappa shape index (κ2) is 10.8. The molecule has 0 unspecified atom stereocenters. The predicted octanol–water partition coefficient (Wildman–Crippen LogP) is 5.30. The maximum atomic E-state index is 12.6. The van der Waals surface area contributed by atoms with Crippen molar-refractivity contribution in [3.8, 4) is 5.75 Å². The summed E-state index contributed by atoms with van der Waals surface area (Å²) < 4.78 is 5.59. The number of hydrogen-bond acceptors (Lipinski definition) is 3. The van der Waals surface area contributed by atoms with Crippen molar-refractivity contribution in [2.24, 2.45) is 0 Å². The van der Waals surface area contributed by atoms with Crippen LogP contribution in [0.2, 0.25) is 0 Å². The number of anilines is 2. The molecular weight excluding hydrogens is 376 g/mol. The Morgan fingerprint density at radius 2 is 1.57 bits per heavy atom. The van der Waals surface area contributed by atoms with Crippen molar-refractivity contribution in [2.75, 3.05) is 17.2 Å². The summed E-state index contributed by atoms with van der Waals surface area (Å²) in [5, 5.41) is 5.75. The number of benzene rings is 3. The zero-order valence-electron chi connectivity index (χ0n) is 17.1. The Hall–Kier alpha value is -3.60. The number of nitrogens with one attached hydrogen (secondary N) is 2. The molecule has 0 atom stereocenters. The van der Waals surface area contributed by atoms with Crippen LogP contribution in [0, 0.1) is 0 Å². The van der Waals surface area contributed by atoms with E-state index in [1.54, 1.807) is 42.5 Å². The van der Waals surface area contributed by atoms with Crippen molar-refractivity contribution < 1.29 is 14.3 Å². The smallest absolute Gasteiger partial charge is 0.255 e. The average molecular weight is 402 g/mol. The van der Waals surface area contributed by atoms with E-state index in [4.69, 9.17) is 4.74 Å². The third-order valence-electron chi connectivity index (χ3n) is 4.46. The van der Waals surface area contributed by atoms with Gasteiger partial charge in [-0.2, -0.15) is 0 Å². The molecule has 0 spiro atoms. The molecule has 3 aromatic carbocycles. The number of carbonyl (C=O) groups excluding carboxylic acids is 2. The minimum absolute atomic E-state index is 0.0666. The first kappa shape index (κ1) is 21.1. The van der Waals surface area contributed by atoms with Gasteiger partial charge in [0.25, 0.3) is 5.91 Å². The van der Waals surface area contributed by atoms with Crippen LogP contribution in [-0.2, 0) is 11.2 Å². The van der Waals surface area contributed by atoms with Gasteiger partial charge in [0.1, 0.15) is 5.75 Å². The molecule has 0 radical (unpaired) electrons. The number of aryl methyl sites for hydroxylation is 1. The monoisotopic (exact) mass is 402 g/mol. The first-order valence-electron chi connectivity index (χ1n) is 10.1. The van der Waals surface area contributed by atoms with Gasteiger partial charge in [0.15, 0.2) is 0 Å². The number of ether oxygens (including phenoxy) is 1. The molecule has 0 fully saturated rings. The summed E-state index contributed by atoms with van der Waals surface area (Å²) in [6, 6.07) is 24.1. The number of carbonyl (C=O) groups is 2. The molecular formula is C25H26N2O3. The van der Waals surface area contributed by atoms with Gasteiger partial charge in [0.05, 0.1) is 6.61 Å². The van der Waals surface area contributed by atoms with E-state index in [0.717, 1.165) is 12.0 Å². The number of amides is 2. The summed E-state index contributed by atoms with van der Waals surface area (Å²) >= 11 is 0. The van der Waals surface area contributed by atoms with Gasteiger partial charge in [0.2, 0.25) is 5.91 Å². The molecule has 0 bridgehead atoms. The van der Waals surface area contributed by atoms with Crippen molar-refractivity contribution in [1.29, 1.82) is 0 Å². The topological polar surface area (TPSA) is 67.4 Å². The first-order chi connectivity index (χ1) is 14.6. The summed E-state index contributed by atoms with van der Waals surface area (Å²) in [5.74, 6) is 0.372. The lowest BCUT2D eigenvalue weighted by atomic mass is 10.1. The van der Waals surface area contributed by atoms with Gasteiger partial charge in [-0.25, -0.2) is 0 Å². The Kier molecular flexibility index (Phi) is 7.61. The van der Waals surface area contributed by atoms with E-state index < -0.39 is 0 Å². The van der Waals surface area contributed by atoms with Gasteiger partial charge in [0, 0.05) is 23.4 Å². The molecule has 5 heteroatoms. The number of rotatable bonds is 9. The molecule has 0 aromatic heterocycles. The van der Waals surface area contributed by atoms with Crippen LogP contribution < -0.4 is 15.4 Å². The van der Waals surface area contributed by atoms with Gasteiger partial charge in [-0.1, -0.05) is 49.4 Å². The minimum atomic E-state index is -0.232. The molecule has 3 aromatic rings. The van der Waals surface area contributed by atoms with E-state index in [1.807, 2.05) is 43.3 Å². The fourth-order valence-electron chi connectivity index (χ4n) is 2.95. The lowest BCUT2D eigenvalue weighted by Crippen LogP contribution is -2.14. The molecule has 0 aliphatic rings. The van der Waals surface area contributed by atoms with Crippen molar-refractivity contribution in [2.45, 2.75) is 26.2 Å². The molecule has 0 aliphatic heterocycles. The van der Waals surface area contributed by atoms with Gasteiger partial charge < -0.3 is 15.4 Å². The second-order valence-electron chi connectivity index (χ2n) is 6.94. The van der Waals surface area contributed by atoms with E-state index in [9.17, 15) is 9.59 Å². The van der Waals surface area contributed by atoms with Crippen LogP contribution >= 0.6 is 0 Å². The van der Waals surface area contributed by atoms with Crippen LogP contribution in [0.15, 0.2) is 78.9 Å². The van der Waals surface area contributed by atoms with Crippen molar-refractivity contribution in [3.05, 3.63) is 90.0 Å². The van der Waals surface area contributed by atoms with Crippen LogP contribution in [0.4, 0.5) is 11.4 Å².